The van der Waals surface area contributed by atoms with Gasteiger partial charge >= 0.3 is 6.18 Å². The normalized spacial score (nSPS) is 18.1. The number of benzene rings is 1. The van der Waals surface area contributed by atoms with Crippen LogP contribution in [0.5, 0.6) is 0 Å². The van der Waals surface area contributed by atoms with Gasteiger partial charge in [0.15, 0.2) is 0 Å². The van der Waals surface area contributed by atoms with Gasteiger partial charge in [-0.1, -0.05) is 28.8 Å². The van der Waals surface area contributed by atoms with Crippen molar-refractivity contribution in [1.82, 2.24) is 0 Å². The quantitative estimate of drug-likeness (QED) is 0.575. The number of isocyanates is 1. The topological polar surface area (TPSA) is 29.4 Å². The number of aliphatic imine (C=N–C) groups is 1. The molecule has 0 aliphatic heterocycles. The Bertz CT molecular complexity index is 529. The van der Waals surface area contributed by atoms with Gasteiger partial charge in [-0.05, 0) is 36.6 Å². The van der Waals surface area contributed by atoms with Gasteiger partial charge in [-0.3, -0.25) is 0 Å². The molecule has 0 saturated heterocycles. The van der Waals surface area contributed by atoms with Crippen LogP contribution in [0.15, 0.2) is 27.7 Å². The molecule has 1 aliphatic rings. The molecule has 0 bridgehead atoms. The summed E-state index contributed by atoms with van der Waals surface area (Å²) in [6.45, 7) is 0. The Labute approximate surface area is 116 Å². The van der Waals surface area contributed by atoms with Gasteiger partial charge in [0.25, 0.3) is 0 Å². The SMILES string of the molecule is O=C=NC1(c2cc(Br)cc(C(F)(F)F)c2)CCCC1. The average Bonchev–Trinajstić information content (AvgIpc) is 2.77. The first kappa shape index (κ1) is 14.3. The first-order valence-corrected chi connectivity index (χ1v) is 6.64. The third kappa shape index (κ3) is 2.90. The number of nitrogens with zero attached hydrogens (tertiary/aromatic N) is 1. The maximum Gasteiger partial charge on any atom is 0.416 e. The van der Waals surface area contributed by atoms with E-state index >= 15 is 0 Å². The van der Waals surface area contributed by atoms with Crippen LogP contribution < -0.4 is 0 Å². The van der Waals surface area contributed by atoms with Gasteiger partial charge in [-0.15, -0.1) is 0 Å². The van der Waals surface area contributed by atoms with E-state index in [1.807, 2.05) is 0 Å². The van der Waals surface area contributed by atoms with E-state index in [2.05, 4.69) is 20.9 Å². The predicted octanol–water partition coefficient (Wildman–Crippen LogP) is 4.57. The van der Waals surface area contributed by atoms with E-state index in [1.54, 1.807) is 6.07 Å². The minimum absolute atomic E-state index is 0.338. The van der Waals surface area contributed by atoms with Crippen LogP contribution in [-0.4, -0.2) is 6.08 Å². The zero-order valence-corrected chi connectivity index (χ0v) is 11.5. The van der Waals surface area contributed by atoms with Crippen LogP contribution in [0.25, 0.3) is 0 Å². The minimum Gasteiger partial charge on any atom is -0.211 e. The van der Waals surface area contributed by atoms with Crippen LogP contribution in [-0.2, 0) is 16.5 Å². The van der Waals surface area contributed by atoms with Crippen molar-refractivity contribution in [1.29, 1.82) is 0 Å². The van der Waals surface area contributed by atoms with Crippen molar-refractivity contribution in [3.05, 3.63) is 33.8 Å². The summed E-state index contributed by atoms with van der Waals surface area (Å²) in [5.74, 6) is 0. The molecule has 0 heterocycles. The van der Waals surface area contributed by atoms with Crippen LogP contribution in [0.3, 0.4) is 0 Å². The summed E-state index contributed by atoms with van der Waals surface area (Å²) in [5.41, 5.74) is -1.15. The van der Waals surface area contributed by atoms with Gasteiger partial charge in [-0.2, -0.15) is 18.2 Å². The lowest BCUT2D eigenvalue weighted by Crippen LogP contribution is -2.20. The van der Waals surface area contributed by atoms with E-state index in [-0.39, 0.29) is 0 Å². The molecule has 0 aromatic heterocycles. The van der Waals surface area contributed by atoms with Crippen LogP contribution in [0, 0.1) is 0 Å². The van der Waals surface area contributed by atoms with Crippen molar-refractivity contribution < 1.29 is 18.0 Å². The molecule has 2 nitrogen and oxygen atoms in total. The first-order valence-electron chi connectivity index (χ1n) is 5.85. The average molecular weight is 334 g/mol. The lowest BCUT2D eigenvalue weighted by Gasteiger charge is -2.24. The number of carbonyl (C=O) groups excluding carboxylic acids is 1. The lowest BCUT2D eigenvalue weighted by molar-refractivity contribution is -0.137. The molecular formula is C13H11BrF3NO. The van der Waals surface area contributed by atoms with Crippen molar-refractivity contribution in [2.75, 3.05) is 0 Å². The molecule has 1 saturated carbocycles. The highest BCUT2D eigenvalue weighted by Gasteiger charge is 2.38. The molecule has 0 unspecified atom stereocenters. The molecule has 0 N–H and O–H groups in total. The maximum absolute atomic E-state index is 12.8. The van der Waals surface area contributed by atoms with Gasteiger partial charge < -0.3 is 0 Å². The third-order valence-corrected chi connectivity index (χ3v) is 3.91. The highest BCUT2D eigenvalue weighted by Crippen LogP contribution is 2.44. The van der Waals surface area contributed by atoms with E-state index < -0.39 is 17.3 Å². The van der Waals surface area contributed by atoms with Crippen LogP contribution in [0.1, 0.15) is 36.8 Å². The number of halogens is 4. The second kappa shape index (κ2) is 5.10. The summed E-state index contributed by atoms with van der Waals surface area (Å²) in [4.78, 5) is 14.4. The van der Waals surface area contributed by atoms with Crippen molar-refractivity contribution in [2.24, 2.45) is 4.99 Å². The van der Waals surface area contributed by atoms with Crippen molar-refractivity contribution >= 4 is 22.0 Å². The summed E-state index contributed by atoms with van der Waals surface area (Å²) in [6, 6.07) is 3.70. The van der Waals surface area contributed by atoms with Gasteiger partial charge in [-0.25, -0.2) is 4.79 Å². The van der Waals surface area contributed by atoms with Crippen molar-refractivity contribution in [3.63, 3.8) is 0 Å². The Morgan fingerprint density at radius 3 is 2.37 bits per heavy atom. The Hall–Kier alpha value is -1.13. The van der Waals surface area contributed by atoms with Crippen LogP contribution in [0.2, 0.25) is 0 Å². The predicted molar refractivity (Wildman–Crippen MR) is 67.4 cm³/mol. The monoisotopic (exact) mass is 333 g/mol. The van der Waals surface area contributed by atoms with E-state index in [1.165, 1.54) is 6.08 Å². The molecular weight excluding hydrogens is 323 g/mol. The van der Waals surface area contributed by atoms with E-state index in [0.29, 0.717) is 22.9 Å². The molecule has 0 amide bonds. The van der Waals surface area contributed by atoms with Crippen LogP contribution in [0.4, 0.5) is 13.2 Å². The molecule has 1 aromatic rings. The van der Waals surface area contributed by atoms with E-state index in [9.17, 15) is 18.0 Å². The Morgan fingerprint density at radius 1 is 1.21 bits per heavy atom. The second-order valence-corrected chi connectivity index (χ2v) is 5.58. The summed E-state index contributed by atoms with van der Waals surface area (Å²) in [5, 5.41) is 0. The third-order valence-electron chi connectivity index (χ3n) is 3.45. The number of hydrogen-bond acceptors (Lipinski definition) is 2. The fraction of sp³-hybridized carbons (Fsp3) is 0.462. The number of rotatable bonds is 2. The number of hydrogen-bond donors (Lipinski definition) is 0. The molecule has 102 valence electrons. The molecule has 6 heteroatoms. The molecule has 0 atom stereocenters. The van der Waals surface area contributed by atoms with Crippen molar-refractivity contribution in [2.45, 2.75) is 37.4 Å². The molecule has 19 heavy (non-hydrogen) atoms. The largest absolute Gasteiger partial charge is 0.416 e. The molecule has 0 radical (unpaired) electrons. The fourth-order valence-corrected chi connectivity index (χ4v) is 3.03. The Kier molecular flexibility index (Phi) is 3.83. The van der Waals surface area contributed by atoms with E-state index in [4.69, 9.17) is 0 Å². The maximum atomic E-state index is 12.8. The summed E-state index contributed by atoms with van der Waals surface area (Å²) in [7, 11) is 0. The minimum atomic E-state index is -4.41. The Morgan fingerprint density at radius 2 is 1.84 bits per heavy atom. The van der Waals surface area contributed by atoms with E-state index in [0.717, 1.165) is 25.0 Å². The Balaban J connectivity index is 2.55. The molecule has 1 aliphatic carbocycles. The van der Waals surface area contributed by atoms with Crippen LogP contribution >= 0.6 is 15.9 Å². The fourth-order valence-electron chi connectivity index (χ4n) is 2.53. The summed E-state index contributed by atoms with van der Waals surface area (Å²) >= 11 is 3.09. The first-order chi connectivity index (χ1) is 8.87. The van der Waals surface area contributed by atoms with Gasteiger partial charge in [0.05, 0.1) is 11.1 Å². The molecule has 1 aromatic carbocycles. The zero-order valence-electron chi connectivity index (χ0n) is 9.93. The summed E-state index contributed by atoms with van der Waals surface area (Å²) in [6.07, 6.45) is -0.0571. The molecule has 2 rings (SSSR count). The molecule has 0 spiro atoms. The highest BCUT2D eigenvalue weighted by atomic mass is 79.9. The lowest BCUT2D eigenvalue weighted by atomic mass is 9.88. The van der Waals surface area contributed by atoms with Gasteiger partial charge in [0, 0.05) is 4.47 Å². The van der Waals surface area contributed by atoms with Gasteiger partial charge in [0.1, 0.15) is 0 Å². The van der Waals surface area contributed by atoms with Gasteiger partial charge in [0.2, 0.25) is 6.08 Å². The molecule has 1 fully saturated rings. The number of alkyl halides is 3. The zero-order chi connectivity index (χ0) is 14.1. The standard InChI is InChI=1S/C13H11BrF3NO/c14-11-6-9(5-10(7-11)13(15,16)17)12(18-8-19)3-1-2-4-12/h5-7H,1-4H2. The van der Waals surface area contributed by atoms with Crippen molar-refractivity contribution in [3.8, 4) is 0 Å². The smallest absolute Gasteiger partial charge is 0.211 e. The second-order valence-electron chi connectivity index (χ2n) is 4.67. The summed E-state index contributed by atoms with van der Waals surface area (Å²) < 4.78 is 38.8. The highest BCUT2D eigenvalue weighted by molar-refractivity contribution is 9.10.